The van der Waals surface area contributed by atoms with Crippen molar-refractivity contribution in [2.45, 2.75) is 20.4 Å². The van der Waals surface area contributed by atoms with Gasteiger partial charge in [-0.2, -0.15) is 0 Å². The number of benzene rings is 1. The van der Waals surface area contributed by atoms with E-state index in [-0.39, 0.29) is 11.5 Å². The molecular formula is C18H17N3O4S. The van der Waals surface area contributed by atoms with Gasteiger partial charge < -0.3 is 15.2 Å². The molecule has 0 fully saturated rings. The van der Waals surface area contributed by atoms with Crippen molar-refractivity contribution in [3.8, 4) is 5.88 Å². The molecule has 0 bridgehead atoms. The highest BCUT2D eigenvalue weighted by Gasteiger charge is 2.19. The number of ether oxygens (including phenoxy) is 1. The summed E-state index contributed by atoms with van der Waals surface area (Å²) in [6.45, 7) is 4.51. The van der Waals surface area contributed by atoms with E-state index < -0.39 is 5.97 Å². The van der Waals surface area contributed by atoms with Gasteiger partial charge in [0.1, 0.15) is 11.2 Å². The predicted molar refractivity (Wildman–Crippen MR) is 97.9 cm³/mol. The van der Waals surface area contributed by atoms with E-state index in [0.717, 1.165) is 16.5 Å². The number of nitrogens with one attached hydrogen (secondary N) is 1. The second kappa shape index (κ2) is 7.49. The van der Waals surface area contributed by atoms with Crippen molar-refractivity contribution in [2.75, 3.05) is 6.61 Å². The molecule has 2 N–H and O–H groups in total. The fourth-order valence-corrected chi connectivity index (χ4v) is 3.59. The third-order valence-electron chi connectivity index (χ3n) is 3.83. The number of aryl methyl sites for hydroxylation is 1. The quantitative estimate of drug-likeness (QED) is 0.691. The van der Waals surface area contributed by atoms with E-state index in [1.54, 1.807) is 12.1 Å². The summed E-state index contributed by atoms with van der Waals surface area (Å²) in [4.78, 5) is 33.1. The van der Waals surface area contributed by atoms with Crippen LogP contribution in [0.15, 0.2) is 30.6 Å². The minimum absolute atomic E-state index is 0.211. The largest absolute Gasteiger partial charge is 0.478 e. The van der Waals surface area contributed by atoms with Crippen LogP contribution in [0.2, 0.25) is 0 Å². The van der Waals surface area contributed by atoms with Gasteiger partial charge in [-0.15, -0.1) is 11.3 Å². The molecule has 134 valence electrons. The molecule has 26 heavy (non-hydrogen) atoms. The standard InChI is InChI=1S/C18H17N3O4S/c1-3-25-16-13-10(2)14(26-17(13)21-9-20-16)15(22)19-8-11-4-6-12(7-5-11)18(23)24/h4-7,9H,3,8H2,1-2H3,(H,19,22)(H,23,24). The Bertz CT molecular complexity index is 966. The molecule has 1 amide bonds. The molecule has 2 heterocycles. The number of fused-ring (bicyclic) bond motifs is 1. The summed E-state index contributed by atoms with van der Waals surface area (Å²) >= 11 is 1.29. The molecule has 0 aliphatic rings. The maximum atomic E-state index is 12.6. The normalized spacial score (nSPS) is 10.7. The first kappa shape index (κ1) is 17.8. The van der Waals surface area contributed by atoms with Crippen molar-refractivity contribution in [1.29, 1.82) is 0 Å². The number of hydrogen-bond donors (Lipinski definition) is 2. The highest BCUT2D eigenvalue weighted by Crippen LogP contribution is 2.34. The van der Waals surface area contributed by atoms with E-state index in [9.17, 15) is 9.59 Å². The predicted octanol–water partition coefficient (Wildman–Crippen LogP) is 3.03. The number of nitrogens with zero attached hydrogens (tertiary/aromatic N) is 2. The highest BCUT2D eigenvalue weighted by atomic mass is 32.1. The third-order valence-corrected chi connectivity index (χ3v) is 5.03. The van der Waals surface area contributed by atoms with Gasteiger partial charge >= 0.3 is 5.97 Å². The number of aromatic carboxylic acids is 1. The summed E-state index contributed by atoms with van der Waals surface area (Å²) in [6.07, 6.45) is 1.43. The van der Waals surface area contributed by atoms with Crippen LogP contribution in [-0.2, 0) is 6.54 Å². The van der Waals surface area contributed by atoms with E-state index >= 15 is 0 Å². The summed E-state index contributed by atoms with van der Waals surface area (Å²) in [5.41, 5.74) is 1.81. The van der Waals surface area contributed by atoms with Crippen LogP contribution in [-0.4, -0.2) is 33.6 Å². The molecule has 0 aliphatic heterocycles. The van der Waals surface area contributed by atoms with E-state index in [1.165, 1.54) is 29.8 Å². The molecule has 7 nitrogen and oxygen atoms in total. The lowest BCUT2D eigenvalue weighted by molar-refractivity contribution is 0.0696. The van der Waals surface area contributed by atoms with Gasteiger partial charge in [0, 0.05) is 6.54 Å². The summed E-state index contributed by atoms with van der Waals surface area (Å²) < 4.78 is 5.53. The Morgan fingerprint density at radius 1 is 1.23 bits per heavy atom. The number of carbonyl (C=O) groups excluding carboxylic acids is 1. The molecule has 0 unspecified atom stereocenters. The van der Waals surface area contributed by atoms with Crippen molar-refractivity contribution in [2.24, 2.45) is 0 Å². The maximum absolute atomic E-state index is 12.6. The van der Waals surface area contributed by atoms with Crippen LogP contribution in [0.3, 0.4) is 0 Å². The van der Waals surface area contributed by atoms with Gasteiger partial charge in [-0.05, 0) is 37.1 Å². The Kier molecular flexibility index (Phi) is 5.13. The lowest BCUT2D eigenvalue weighted by Crippen LogP contribution is -2.22. The van der Waals surface area contributed by atoms with Crippen LogP contribution >= 0.6 is 11.3 Å². The van der Waals surface area contributed by atoms with Gasteiger partial charge in [0.15, 0.2) is 0 Å². The van der Waals surface area contributed by atoms with Crippen molar-refractivity contribution in [3.63, 3.8) is 0 Å². The van der Waals surface area contributed by atoms with E-state index in [0.29, 0.717) is 28.7 Å². The minimum atomic E-state index is -0.979. The zero-order chi connectivity index (χ0) is 18.7. The summed E-state index contributed by atoms with van der Waals surface area (Å²) in [5, 5.41) is 12.5. The first-order chi connectivity index (χ1) is 12.5. The Hall–Kier alpha value is -3.00. The molecule has 0 aliphatic carbocycles. The molecule has 0 spiro atoms. The van der Waals surface area contributed by atoms with Crippen LogP contribution in [0, 0.1) is 6.92 Å². The highest BCUT2D eigenvalue weighted by molar-refractivity contribution is 7.20. The summed E-state index contributed by atoms with van der Waals surface area (Å²) in [7, 11) is 0. The first-order valence-electron chi connectivity index (χ1n) is 7.98. The fraction of sp³-hybridized carbons (Fsp3) is 0.222. The SMILES string of the molecule is CCOc1ncnc2sc(C(=O)NCc3ccc(C(=O)O)cc3)c(C)c12. The van der Waals surface area contributed by atoms with Gasteiger partial charge in [-0.3, -0.25) is 4.79 Å². The average molecular weight is 371 g/mol. The van der Waals surface area contributed by atoms with E-state index in [4.69, 9.17) is 9.84 Å². The number of amides is 1. The first-order valence-corrected chi connectivity index (χ1v) is 8.80. The lowest BCUT2D eigenvalue weighted by Gasteiger charge is -2.06. The number of aromatic nitrogens is 2. The van der Waals surface area contributed by atoms with Gasteiger partial charge in [0.2, 0.25) is 5.88 Å². The van der Waals surface area contributed by atoms with Gasteiger partial charge in [0.25, 0.3) is 5.91 Å². The summed E-state index contributed by atoms with van der Waals surface area (Å²) in [6, 6.07) is 6.39. The van der Waals surface area contributed by atoms with Crippen molar-refractivity contribution >= 4 is 33.4 Å². The zero-order valence-electron chi connectivity index (χ0n) is 14.3. The average Bonchev–Trinajstić information content (AvgIpc) is 2.98. The van der Waals surface area contributed by atoms with Crippen LogP contribution in [0.1, 0.15) is 38.1 Å². The van der Waals surface area contributed by atoms with Crippen LogP contribution in [0.25, 0.3) is 10.2 Å². The number of hydrogen-bond acceptors (Lipinski definition) is 6. The Morgan fingerprint density at radius 2 is 1.96 bits per heavy atom. The van der Waals surface area contributed by atoms with Crippen LogP contribution in [0.5, 0.6) is 5.88 Å². The Labute approximate surface area is 153 Å². The number of carbonyl (C=O) groups is 2. The molecule has 2 aromatic heterocycles. The molecule has 0 atom stereocenters. The molecule has 8 heteroatoms. The minimum Gasteiger partial charge on any atom is -0.478 e. The van der Waals surface area contributed by atoms with Crippen LogP contribution in [0.4, 0.5) is 0 Å². The zero-order valence-corrected chi connectivity index (χ0v) is 15.1. The molecule has 3 aromatic rings. The van der Waals surface area contributed by atoms with E-state index in [2.05, 4.69) is 15.3 Å². The van der Waals surface area contributed by atoms with Crippen LogP contribution < -0.4 is 10.1 Å². The molecule has 0 radical (unpaired) electrons. The second-order valence-corrected chi connectivity index (χ2v) is 6.53. The summed E-state index contributed by atoms with van der Waals surface area (Å²) in [5.74, 6) is -0.711. The van der Waals surface area contributed by atoms with Gasteiger partial charge in [-0.25, -0.2) is 14.8 Å². The number of rotatable bonds is 6. The van der Waals surface area contributed by atoms with Gasteiger partial charge in [-0.1, -0.05) is 12.1 Å². The smallest absolute Gasteiger partial charge is 0.335 e. The van der Waals surface area contributed by atoms with Crippen molar-refractivity contribution < 1.29 is 19.4 Å². The molecule has 1 aromatic carbocycles. The molecular weight excluding hydrogens is 354 g/mol. The fourth-order valence-electron chi connectivity index (χ4n) is 2.53. The molecule has 0 saturated heterocycles. The molecule has 3 rings (SSSR count). The molecule has 0 saturated carbocycles. The Balaban J connectivity index is 1.78. The number of carboxylic acids is 1. The lowest BCUT2D eigenvalue weighted by atomic mass is 10.1. The Morgan fingerprint density at radius 3 is 2.62 bits per heavy atom. The van der Waals surface area contributed by atoms with Gasteiger partial charge in [0.05, 0.1) is 22.4 Å². The maximum Gasteiger partial charge on any atom is 0.335 e. The third kappa shape index (κ3) is 3.50. The monoisotopic (exact) mass is 371 g/mol. The number of thiophene rings is 1. The number of carboxylic acid groups (broad SMARTS) is 1. The van der Waals surface area contributed by atoms with Crippen molar-refractivity contribution in [3.05, 3.63) is 52.2 Å². The van der Waals surface area contributed by atoms with E-state index in [1.807, 2.05) is 13.8 Å². The second-order valence-electron chi connectivity index (χ2n) is 5.53. The topological polar surface area (TPSA) is 101 Å². The van der Waals surface area contributed by atoms with Crippen molar-refractivity contribution in [1.82, 2.24) is 15.3 Å².